The van der Waals surface area contributed by atoms with Gasteiger partial charge < -0.3 is 5.32 Å². The second kappa shape index (κ2) is 6.04. The predicted octanol–water partition coefficient (Wildman–Crippen LogP) is 3.72. The number of aromatic nitrogens is 4. The highest BCUT2D eigenvalue weighted by Gasteiger charge is 2.37. The number of hydrogen-bond donors (Lipinski definition) is 2. The van der Waals surface area contributed by atoms with Crippen molar-refractivity contribution < 1.29 is 9.18 Å². The van der Waals surface area contributed by atoms with Crippen LogP contribution in [0.2, 0.25) is 0 Å². The van der Waals surface area contributed by atoms with Crippen LogP contribution in [-0.4, -0.2) is 25.9 Å². The fourth-order valence-electron chi connectivity index (χ4n) is 3.72. The number of aromatic amines is 1. The number of nitrogens with zero attached hydrogens (tertiary/aromatic N) is 3. The molecule has 0 unspecified atom stereocenters. The van der Waals surface area contributed by atoms with Crippen LogP contribution >= 0.6 is 0 Å². The highest BCUT2D eigenvalue weighted by Crippen LogP contribution is 2.44. The topological polar surface area (TPSA) is 75.6 Å². The molecule has 27 heavy (non-hydrogen) atoms. The van der Waals surface area contributed by atoms with Gasteiger partial charge in [-0.2, -0.15) is 10.2 Å². The molecule has 0 saturated heterocycles. The minimum atomic E-state index is -0.290. The van der Waals surface area contributed by atoms with E-state index >= 15 is 0 Å². The highest BCUT2D eigenvalue weighted by molar-refractivity contribution is 5.95. The molecule has 0 aliphatic carbocycles. The first kappa shape index (κ1) is 17.5. The molecule has 3 heterocycles. The van der Waals surface area contributed by atoms with Crippen molar-refractivity contribution in [2.75, 3.05) is 5.32 Å². The lowest BCUT2D eigenvalue weighted by Gasteiger charge is -2.27. The van der Waals surface area contributed by atoms with Crippen LogP contribution in [0.3, 0.4) is 0 Å². The molecular formula is C20H22FN5O. The number of halogens is 1. The minimum Gasteiger partial charge on any atom is -0.311 e. The van der Waals surface area contributed by atoms with Crippen molar-refractivity contribution >= 4 is 11.7 Å². The zero-order valence-electron chi connectivity index (χ0n) is 15.8. The molecule has 1 atom stereocenters. The summed E-state index contributed by atoms with van der Waals surface area (Å²) < 4.78 is 15.1. The van der Waals surface area contributed by atoms with E-state index in [4.69, 9.17) is 5.10 Å². The number of rotatable bonds is 2. The Labute approximate surface area is 156 Å². The van der Waals surface area contributed by atoms with Crippen molar-refractivity contribution in [3.05, 3.63) is 53.1 Å². The molecule has 1 aliphatic heterocycles. The van der Waals surface area contributed by atoms with E-state index in [0.29, 0.717) is 6.42 Å². The molecule has 3 aromatic rings. The number of H-pyrrole nitrogens is 1. The predicted molar refractivity (Wildman–Crippen MR) is 101 cm³/mol. The van der Waals surface area contributed by atoms with E-state index < -0.39 is 0 Å². The van der Waals surface area contributed by atoms with Gasteiger partial charge in [0.15, 0.2) is 0 Å². The van der Waals surface area contributed by atoms with E-state index in [0.717, 1.165) is 33.9 Å². The second-order valence-corrected chi connectivity index (χ2v) is 8.00. The van der Waals surface area contributed by atoms with Crippen molar-refractivity contribution in [2.24, 2.45) is 7.05 Å². The lowest BCUT2D eigenvalue weighted by Crippen LogP contribution is -2.26. The van der Waals surface area contributed by atoms with Gasteiger partial charge in [0.05, 0.1) is 17.6 Å². The normalized spacial score (nSPS) is 16.9. The number of aryl methyl sites for hydroxylation is 1. The maximum absolute atomic E-state index is 13.3. The fourth-order valence-corrected chi connectivity index (χ4v) is 3.72. The largest absolute Gasteiger partial charge is 0.311 e. The monoisotopic (exact) mass is 367 g/mol. The number of nitrogens with one attached hydrogen (secondary N) is 2. The van der Waals surface area contributed by atoms with E-state index in [-0.39, 0.29) is 23.1 Å². The van der Waals surface area contributed by atoms with Gasteiger partial charge in [0.2, 0.25) is 5.91 Å². The smallest absolute Gasteiger partial charge is 0.226 e. The molecule has 2 N–H and O–H groups in total. The Morgan fingerprint density at radius 1 is 1.22 bits per heavy atom. The molecular weight excluding hydrogens is 345 g/mol. The Morgan fingerprint density at radius 2 is 1.93 bits per heavy atom. The molecule has 7 heteroatoms. The average molecular weight is 367 g/mol. The van der Waals surface area contributed by atoms with Gasteiger partial charge in [-0.05, 0) is 24.3 Å². The Kier molecular flexibility index (Phi) is 3.91. The van der Waals surface area contributed by atoms with Gasteiger partial charge in [-0.15, -0.1) is 0 Å². The van der Waals surface area contributed by atoms with E-state index in [1.54, 1.807) is 23.0 Å². The minimum absolute atomic E-state index is 0.0535. The summed E-state index contributed by atoms with van der Waals surface area (Å²) in [6.45, 7) is 6.33. The van der Waals surface area contributed by atoms with Crippen LogP contribution < -0.4 is 5.32 Å². The molecule has 140 valence electrons. The maximum atomic E-state index is 13.3. The fraction of sp³-hybridized carbons (Fsp3) is 0.350. The molecule has 4 rings (SSSR count). The van der Waals surface area contributed by atoms with Crippen molar-refractivity contribution in [3.8, 4) is 11.3 Å². The van der Waals surface area contributed by atoms with Crippen molar-refractivity contribution in [1.82, 2.24) is 20.0 Å². The number of fused-ring (bicyclic) bond motifs is 1. The second-order valence-electron chi connectivity index (χ2n) is 8.00. The average Bonchev–Trinajstić information content (AvgIpc) is 3.20. The first-order chi connectivity index (χ1) is 12.8. The van der Waals surface area contributed by atoms with E-state index in [2.05, 4.69) is 36.3 Å². The zero-order valence-corrected chi connectivity index (χ0v) is 15.8. The van der Waals surface area contributed by atoms with Gasteiger partial charge in [-0.25, -0.2) is 4.39 Å². The standard InChI is InChI=1S/C20H22FN5O/c1-20(2,3)18-16-13(9-15(27)23-19(16)26(4)25-18)14-10-22-24-17(14)11-5-7-12(21)8-6-11/h5-8,10,13H,9H2,1-4H3,(H,22,24)(H,23,27)/t13-/m1/s1. The molecule has 2 aromatic heterocycles. The number of carbonyl (C=O) groups is 1. The summed E-state index contributed by atoms with van der Waals surface area (Å²) in [6.07, 6.45) is 2.07. The SMILES string of the molecule is Cn1nc(C(C)(C)C)c2c1NC(=O)C[C@@H]2c1cn[nH]c1-c1ccc(F)cc1. The van der Waals surface area contributed by atoms with Crippen molar-refractivity contribution in [3.63, 3.8) is 0 Å². The molecule has 1 amide bonds. The van der Waals surface area contributed by atoms with E-state index in [1.807, 2.05) is 7.05 Å². The molecule has 1 aliphatic rings. The van der Waals surface area contributed by atoms with Crippen LogP contribution in [0, 0.1) is 5.82 Å². The maximum Gasteiger partial charge on any atom is 0.226 e. The molecule has 1 aromatic carbocycles. The third-order valence-corrected chi connectivity index (χ3v) is 4.97. The van der Waals surface area contributed by atoms with Gasteiger partial charge in [0.1, 0.15) is 11.6 Å². The third kappa shape index (κ3) is 2.93. The highest BCUT2D eigenvalue weighted by atomic mass is 19.1. The number of anilines is 1. The summed E-state index contributed by atoms with van der Waals surface area (Å²) in [6, 6.07) is 6.27. The first-order valence-electron chi connectivity index (χ1n) is 8.92. The molecule has 0 saturated carbocycles. The number of carbonyl (C=O) groups excluding carboxylic acids is 1. The molecule has 0 fully saturated rings. The Balaban J connectivity index is 1.89. The summed E-state index contributed by atoms with van der Waals surface area (Å²) in [5.41, 5.74) is 4.34. The molecule has 0 bridgehead atoms. The lowest BCUT2D eigenvalue weighted by molar-refractivity contribution is -0.116. The Morgan fingerprint density at radius 3 is 2.59 bits per heavy atom. The number of hydrogen-bond acceptors (Lipinski definition) is 3. The van der Waals surface area contributed by atoms with E-state index in [9.17, 15) is 9.18 Å². The van der Waals surface area contributed by atoms with Crippen molar-refractivity contribution in [2.45, 2.75) is 38.5 Å². The van der Waals surface area contributed by atoms with Crippen LogP contribution in [-0.2, 0) is 17.3 Å². The molecule has 6 nitrogen and oxygen atoms in total. The van der Waals surface area contributed by atoms with Gasteiger partial charge in [0, 0.05) is 41.5 Å². The van der Waals surface area contributed by atoms with Crippen LogP contribution in [0.1, 0.15) is 49.9 Å². The lowest BCUT2D eigenvalue weighted by atomic mass is 9.79. The molecule has 0 radical (unpaired) electrons. The summed E-state index contributed by atoms with van der Waals surface area (Å²) in [5.74, 6) is 0.214. The van der Waals surface area contributed by atoms with Gasteiger partial charge in [-0.1, -0.05) is 20.8 Å². The van der Waals surface area contributed by atoms with Gasteiger partial charge in [-0.3, -0.25) is 14.6 Å². The van der Waals surface area contributed by atoms with Gasteiger partial charge in [0.25, 0.3) is 0 Å². The van der Waals surface area contributed by atoms with Crippen LogP contribution in [0.25, 0.3) is 11.3 Å². The summed E-state index contributed by atoms with van der Waals surface area (Å²) in [4.78, 5) is 12.4. The zero-order chi connectivity index (χ0) is 19.3. The van der Waals surface area contributed by atoms with Crippen molar-refractivity contribution in [1.29, 1.82) is 0 Å². The number of amides is 1. The van der Waals surface area contributed by atoms with Crippen LogP contribution in [0.4, 0.5) is 10.2 Å². The number of benzene rings is 1. The van der Waals surface area contributed by atoms with Crippen LogP contribution in [0.5, 0.6) is 0 Å². The molecule has 0 spiro atoms. The van der Waals surface area contributed by atoms with Crippen LogP contribution in [0.15, 0.2) is 30.5 Å². The summed E-state index contributed by atoms with van der Waals surface area (Å²) in [7, 11) is 1.84. The van der Waals surface area contributed by atoms with Gasteiger partial charge >= 0.3 is 0 Å². The third-order valence-electron chi connectivity index (χ3n) is 4.97. The quantitative estimate of drug-likeness (QED) is 0.725. The van der Waals surface area contributed by atoms with E-state index in [1.165, 1.54) is 12.1 Å². The summed E-state index contributed by atoms with van der Waals surface area (Å²) in [5, 5.41) is 14.9. The first-order valence-corrected chi connectivity index (χ1v) is 8.92. The summed E-state index contributed by atoms with van der Waals surface area (Å²) >= 11 is 0. The Hall–Kier alpha value is -2.96. The Bertz CT molecular complexity index is 1010.